The molecule has 0 aliphatic rings. The molecule has 6 heteroatoms. The monoisotopic (exact) mass is 357 g/mol. The van der Waals surface area contributed by atoms with E-state index >= 15 is 0 Å². The predicted octanol–water partition coefficient (Wildman–Crippen LogP) is 4.30. The summed E-state index contributed by atoms with van der Waals surface area (Å²) in [5, 5.41) is 0.596. The zero-order chi connectivity index (χ0) is 16.5. The molecule has 0 atom stereocenters. The number of sulfone groups is 1. The SMILES string of the molecule is CC(C)(C)c1sc(S(=O)(=O)CCc2ccccc2Cl)cc1N. The predicted molar refractivity (Wildman–Crippen MR) is 94.6 cm³/mol. The number of rotatable bonds is 4. The normalized spacial score (nSPS) is 12.5. The largest absolute Gasteiger partial charge is 0.398 e. The van der Waals surface area contributed by atoms with Crippen molar-refractivity contribution in [3.63, 3.8) is 0 Å². The lowest BCUT2D eigenvalue weighted by Crippen LogP contribution is -2.10. The van der Waals surface area contributed by atoms with Crippen LogP contribution in [0.3, 0.4) is 0 Å². The molecule has 0 amide bonds. The molecule has 0 saturated carbocycles. The van der Waals surface area contributed by atoms with Crippen LogP contribution in [-0.2, 0) is 21.7 Å². The van der Waals surface area contributed by atoms with E-state index < -0.39 is 9.84 Å². The standard InChI is InChI=1S/C16H20ClNO2S2/c1-16(2,3)15-13(18)10-14(21-15)22(19,20)9-8-11-6-4-5-7-12(11)17/h4-7,10H,8-9,18H2,1-3H3. The first-order chi connectivity index (χ1) is 10.1. The summed E-state index contributed by atoms with van der Waals surface area (Å²) in [5.41, 5.74) is 7.21. The number of hydrogen-bond acceptors (Lipinski definition) is 4. The van der Waals surface area contributed by atoms with Crippen molar-refractivity contribution in [1.82, 2.24) is 0 Å². The number of halogens is 1. The third-order valence-electron chi connectivity index (χ3n) is 3.32. The van der Waals surface area contributed by atoms with Gasteiger partial charge in [0.1, 0.15) is 4.21 Å². The van der Waals surface area contributed by atoms with Crippen molar-refractivity contribution < 1.29 is 8.42 Å². The molecule has 22 heavy (non-hydrogen) atoms. The smallest absolute Gasteiger partial charge is 0.188 e. The number of nitrogens with two attached hydrogens (primary N) is 1. The Morgan fingerprint density at radius 1 is 1.23 bits per heavy atom. The third kappa shape index (κ3) is 3.83. The van der Waals surface area contributed by atoms with Crippen LogP contribution in [0.15, 0.2) is 34.5 Å². The molecule has 0 saturated heterocycles. The lowest BCUT2D eigenvalue weighted by Gasteiger charge is -2.16. The molecule has 0 unspecified atom stereocenters. The Morgan fingerprint density at radius 3 is 2.41 bits per heavy atom. The van der Waals surface area contributed by atoms with Gasteiger partial charge in [0.05, 0.1) is 5.75 Å². The second-order valence-electron chi connectivity index (χ2n) is 6.26. The minimum absolute atomic E-state index is 0.0280. The maximum absolute atomic E-state index is 12.5. The van der Waals surface area contributed by atoms with Gasteiger partial charge in [-0.2, -0.15) is 0 Å². The quantitative estimate of drug-likeness (QED) is 0.887. The van der Waals surface area contributed by atoms with E-state index in [-0.39, 0.29) is 11.2 Å². The molecule has 120 valence electrons. The van der Waals surface area contributed by atoms with Gasteiger partial charge in [-0.1, -0.05) is 50.6 Å². The number of thiophene rings is 1. The van der Waals surface area contributed by atoms with Gasteiger partial charge >= 0.3 is 0 Å². The fourth-order valence-electron chi connectivity index (χ4n) is 2.17. The highest BCUT2D eigenvalue weighted by molar-refractivity contribution is 7.93. The van der Waals surface area contributed by atoms with Crippen LogP contribution in [-0.4, -0.2) is 14.2 Å². The van der Waals surface area contributed by atoms with Crippen molar-refractivity contribution in [3.05, 3.63) is 45.8 Å². The summed E-state index contributed by atoms with van der Waals surface area (Å²) in [7, 11) is -3.36. The number of nitrogen functional groups attached to an aromatic ring is 1. The van der Waals surface area contributed by atoms with Gasteiger partial charge in [0.15, 0.2) is 9.84 Å². The van der Waals surface area contributed by atoms with Crippen LogP contribution in [0.1, 0.15) is 31.2 Å². The Morgan fingerprint density at radius 2 is 1.86 bits per heavy atom. The first-order valence-corrected chi connectivity index (χ1v) is 9.82. The Kier molecular flexibility index (Phi) is 4.90. The lowest BCUT2D eigenvalue weighted by molar-refractivity contribution is 0.597. The highest BCUT2D eigenvalue weighted by Gasteiger charge is 2.25. The Bertz CT molecular complexity index is 774. The van der Waals surface area contributed by atoms with Crippen LogP contribution >= 0.6 is 22.9 Å². The summed E-state index contributed by atoms with van der Waals surface area (Å²) < 4.78 is 25.4. The van der Waals surface area contributed by atoms with Gasteiger partial charge in [-0.25, -0.2) is 8.42 Å². The van der Waals surface area contributed by atoms with Gasteiger partial charge in [0.2, 0.25) is 0 Å². The topological polar surface area (TPSA) is 60.2 Å². The summed E-state index contributed by atoms with van der Waals surface area (Å²) in [6.45, 7) is 6.07. The number of aryl methyl sites for hydroxylation is 1. The Balaban J connectivity index is 2.23. The van der Waals surface area contributed by atoms with Crippen LogP contribution in [0.2, 0.25) is 5.02 Å². The van der Waals surface area contributed by atoms with Gasteiger partial charge in [-0.15, -0.1) is 11.3 Å². The molecule has 1 aromatic carbocycles. The van der Waals surface area contributed by atoms with Crippen LogP contribution < -0.4 is 5.73 Å². The van der Waals surface area contributed by atoms with Crippen LogP contribution in [0.4, 0.5) is 5.69 Å². The molecule has 0 aliphatic heterocycles. The van der Waals surface area contributed by atoms with Crippen molar-refractivity contribution in [2.75, 3.05) is 11.5 Å². The molecular formula is C16H20ClNO2S2. The summed E-state index contributed by atoms with van der Waals surface area (Å²) in [5.74, 6) is 0.0280. The first kappa shape index (κ1) is 17.3. The Hall–Kier alpha value is -1.04. The average Bonchev–Trinajstić information content (AvgIpc) is 2.81. The molecule has 2 N–H and O–H groups in total. The Labute approximate surface area is 141 Å². The molecule has 2 rings (SSSR count). The number of hydrogen-bond donors (Lipinski definition) is 1. The highest BCUT2D eigenvalue weighted by Crippen LogP contribution is 2.37. The molecule has 0 aliphatic carbocycles. The van der Waals surface area contributed by atoms with E-state index in [1.807, 2.05) is 39.0 Å². The molecular weight excluding hydrogens is 338 g/mol. The van der Waals surface area contributed by atoms with E-state index in [4.69, 9.17) is 17.3 Å². The third-order valence-corrected chi connectivity index (χ3v) is 7.55. The van der Waals surface area contributed by atoms with E-state index in [2.05, 4.69) is 0 Å². The maximum Gasteiger partial charge on any atom is 0.188 e. The summed E-state index contributed by atoms with van der Waals surface area (Å²) in [6, 6.07) is 8.88. The second-order valence-corrected chi connectivity index (χ2v) is 10.1. The number of benzene rings is 1. The van der Waals surface area contributed by atoms with Gasteiger partial charge in [-0.05, 0) is 29.5 Å². The summed E-state index contributed by atoms with van der Waals surface area (Å²) in [6.07, 6.45) is 0.394. The molecule has 3 nitrogen and oxygen atoms in total. The van der Waals surface area contributed by atoms with Crippen molar-refractivity contribution >= 4 is 38.5 Å². The van der Waals surface area contributed by atoms with E-state index in [9.17, 15) is 8.42 Å². The van der Waals surface area contributed by atoms with E-state index in [1.165, 1.54) is 11.3 Å². The van der Waals surface area contributed by atoms with Crippen LogP contribution in [0.25, 0.3) is 0 Å². The van der Waals surface area contributed by atoms with Crippen LogP contribution in [0, 0.1) is 0 Å². The fraction of sp³-hybridized carbons (Fsp3) is 0.375. The second kappa shape index (κ2) is 6.22. The molecule has 0 bridgehead atoms. The zero-order valence-electron chi connectivity index (χ0n) is 12.9. The van der Waals surface area contributed by atoms with E-state index in [0.717, 1.165) is 10.4 Å². The average molecular weight is 358 g/mol. The summed E-state index contributed by atoms with van der Waals surface area (Å²) >= 11 is 7.34. The lowest BCUT2D eigenvalue weighted by atomic mass is 9.94. The van der Waals surface area contributed by atoms with Gasteiger partial charge in [0.25, 0.3) is 0 Å². The molecule has 1 heterocycles. The first-order valence-electron chi connectivity index (χ1n) is 6.97. The minimum Gasteiger partial charge on any atom is -0.398 e. The highest BCUT2D eigenvalue weighted by atomic mass is 35.5. The molecule has 0 spiro atoms. The zero-order valence-corrected chi connectivity index (χ0v) is 15.3. The van der Waals surface area contributed by atoms with Gasteiger partial charge in [0, 0.05) is 15.6 Å². The minimum atomic E-state index is -3.36. The van der Waals surface area contributed by atoms with E-state index in [1.54, 1.807) is 12.1 Å². The van der Waals surface area contributed by atoms with Crippen molar-refractivity contribution in [2.24, 2.45) is 0 Å². The molecule has 0 radical (unpaired) electrons. The van der Waals surface area contributed by atoms with Crippen molar-refractivity contribution in [3.8, 4) is 0 Å². The summed E-state index contributed by atoms with van der Waals surface area (Å²) in [4.78, 5) is 0.906. The van der Waals surface area contributed by atoms with E-state index in [0.29, 0.717) is 21.3 Å². The van der Waals surface area contributed by atoms with Gasteiger partial charge < -0.3 is 5.73 Å². The number of anilines is 1. The van der Waals surface area contributed by atoms with Crippen molar-refractivity contribution in [1.29, 1.82) is 0 Å². The molecule has 2 aromatic rings. The maximum atomic E-state index is 12.5. The molecule has 0 fully saturated rings. The van der Waals surface area contributed by atoms with Crippen molar-refractivity contribution in [2.45, 2.75) is 36.8 Å². The van der Waals surface area contributed by atoms with Gasteiger partial charge in [-0.3, -0.25) is 0 Å². The van der Waals surface area contributed by atoms with Crippen LogP contribution in [0.5, 0.6) is 0 Å². The fourth-order valence-corrected chi connectivity index (χ4v) is 5.27. The molecule has 1 aromatic heterocycles.